The molecule has 0 aromatic carbocycles. The number of ketones is 1. The number of nitrogens with zero attached hydrogens (tertiary/aromatic N) is 1. The molecule has 1 rings (SSSR count). The van der Waals surface area contributed by atoms with E-state index in [2.05, 4.69) is 4.74 Å². The zero-order valence-electron chi connectivity index (χ0n) is 10.6. The summed E-state index contributed by atoms with van der Waals surface area (Å²) in [7, 11) is 1.27. The fourth-order valence-electron chi connectivity index (χ4n) is 1.93. The molecule has 1 aliphatic rings. The lowest BCUT2D eigenvalue weighted by molar-refractivity contribution is -0.151. The van der Waals surface area contributed by atoms with Crippen LogP contribution in [0, 0.1) is 0 Å². The van der Waals surface area contributed by atoms with Gasteiger partial charge in [-0.1, -0.05) is 0 Å². The summed E-state index contributed by atoms with van der Waals surface area (Å²) in [6.07, 6.45) is 0.590. The Hall–Kier alpha value is -1.65. The van der Waals surface area contributed by atoms with Crippen LogP contribution in [0.3, 0.4) is 0 Å². The van der Waals surface area contributed by atoms with Gasteiger partial charge in [-0.3, -0.25) is 9.59 Å². The van der Waals surface area contributed by atoms with Crippen LogP contribution in [0.25, 0.3) is 0 Å². The summed E-state index contributed by atoms with van der Waals surface area (Å²) in [4.78, 5) is 35.6. The van der Waals surface area contributed by atoms with Gasteiger partial charge in [0.15, 0.2) is 0 Å². The highest BCUT2D eigenvalue weighted by molar-refractivity contribution is 5.98. The van der Waals surface area contributed by atoms with E-state index < -0.39 is 5.97 Å². The van der Waals surface area contributed by atoms with Crippen LogP contribution in [-0.4, -0.2) is 35.7 Å². The molecule has 5 heteroatoms. The number of β-lactam (4-membered cyclic amide) rings is 1. The molecule has 1 amide bonds. The maximum Gasteiger partial charge on any atom is 0.354 e. The maximum absolute atomic E-state index is 11.6. The second-order valence-corrected chi connectivity index (χ2v) is 4.37. The van der Waals surface area contributed by atoms with Crippen LogP contribution in [0.1, 0.15) is 33.6 Å². The summed E-state index contributed by atoms with van der Waals surface area (Å²) < 4.78 is 4.66. The summed E-state index contributed by atoms with van der Waals surface area (Å²) in [5, 5.41) is 0. The van der Waals surface area contributed by atoms with Gasteiger partial charge in [0.05, 0.1) is 13.2 Å². The third kappa shape index (κ3) is 2.72. The van der Waals surface area contributed by atoms with Gasteiger partial charge in [-0.2, -0.15) is 0 Å². The van der Waals surface area contributed by atoms with Gasteiger partial charge in [-0.25, -0.2) is 4.79 Å². The van der Waals surface area contributed by atoms with Crippen LogP contribution >= 0.6 is 0 Å². The Balaban J connectivity index is 2.95. The third-order valence-corrected chi connectivity index (χ3v) is 2.66. The highest BCUT2D eigenvalue weighted by Crippen LogP contribution is 2.29. The number of carbonyl (C=O) groups excluding carboxylic acids is 3. The van der Waals surface area contributed by atoms with E-state index in [0.29, 0.717) is 12.0 Å². The molecule has 1 atom stereocenters. The number of carbonyl (C=O) groups is 3. The highest BCUT2D eigenvalue weighted by Gasteiger charge is 2.41. The van der Waals surface area contributed by atoms with Gasteiger partial charge in [-0.05, 0) is 26.3 Å². The summed E-state index contributed by atoms with van der Waals surface area (Å²) in [6.45, 7) is 4.95. The fraction of sp³-hybridized carbons (Fsp3) is 0.583. The molecule has 0 saturated carbocycles. The Kier molecular flexibility index (Phi) is 4.04. The zero-order valence-corrected chi connectivity index (χ0v) is 10.6. The van der Waals surface area contributed by atoms with E-state index in [4.69, 9.17) is 0 Å². The van der Waals surface area contributed by atoms with Crippen LogP contribution in [0.4, 0.5) is 0 Å². The first-order valence-electron chi connectivity index (χ1n) is 5.45. The Morgan fingerprint density at radius 2 is 1.94 bits per heavy atom. The summed E-state index contributed by atoms with van der Waals surface area (Å²) in [5.74, 6) is -0.671. The molecule has 0 radical (unpaired) electrons. The lowest BCUT2D eigenvalue weighted by Crippen LogP contribution is -2.54. The number of amides is 1. The van der Waals surface area contributed by atoms with E-state index in [-0.39, 0.29) is 29.9 Å². The van der Waals surface area contributed by atoms with Crippen LogP contribution in [0.5, 0.6) is 0 Å². The van der Waals surface area contributed by atoms with E-state index in [1.165, 1.54) is 18.9 Å². The number of methoxy groups -OCH3 is 1. The topological polar surface area (TPSA) is 63.7 Å². The molecule has 5 nitrogen and oxygen atoms in total. The monoisotopic (exact) mass is 239 g/mol. The normalized spacial score (nSPS) is 18.5. The average Bonchev–Trinajstić information content (AvgIpc) is 2.23. The van der Waals surface area contributed by atoms with E-state index in [1.807, 2.05) is 0 Å². The second-order valence-electron chi connectivity index (χ2n) is 4.37. The van der Waals surface area contributed by atoms with E-state index in [0.717, 1.165) is 0 Å². The van der Waals surface area contributed by atoms with Crippen molar-refractivity contribution in [2.24, 2.45) is 0 Å². The largest absolute Gasteiger partial charge is 0.464 e. The second kappa shape index (κ2) is 5.12. The molecule has 1 fully saturated rings. The van der Waals surface area contributed by atoms with Gasteiger partial charge < -0.3 is 9.64 Å². The van der Waals surface area contributed by atoms with Crippen molar-refractivity contribution in [2.75, 3.05) is 7.11 Å². The molecule has 17 heavy (non-hydrogen) atoms. The number of esters is 1. The molecule has 0 N–H and O–H groups in total. The fourth-order valence-corrected chi connectivity index (χ4v) is 1.93. The quantitative estimate of drug-likeness (QED) is 0.417. The van der Waals surface area contributed by atoms with Gasteiger partial charge in [0.25, 0.3) is 0 Å². The van der Waals surface area contributed by atoms with E-state index in [9.17, 15) is 14.4 Å². The van der Waals surface area contributed by atoms with Gasteiger partial charge in [0.1, 0.15) is 11.5 Å². The Labute approximate surface area is 100 Å². The van der Waals surface area contributed by atoms with Gasteiger partial charge in [0.2, 0.25) is 5.91 Å². The first kappa shape index (κ1) is 13.4. The molecule has 0 aliphatic carbocycles. The average molecular weight is 239 g/mol. The number of rotatable bonds is 4. The number of ether oxygens (including phenoxy) is 1. The van der Waals surface area contributed by atoms with Crippen LogP contribution in [0.15, 0.2) is 11.3 Å². The molecule has 1 saturated heterocycles. The number of likely N-dealkylation sites (tertiary alicyclic amines) is 1. The molecule has 0 aromatic rings. The van der Waals surface area contributed by atoms with Gasteiger partial charge >= 0.3 is 5.97 Å². The van der Waals surface area contributed by atoms with Crippen molar-refractivity contribution in [3.8, 4) is 0 Å². The van der Waals surface area contributed by atoms with Gasteiger partial charge in [0, 0.05) is 12.8 Å². The van der Waals surface area contributed by atoms with Crippen LogP contribution in [0.2, 0.25) is 0 Å². The maximum atomic E-state index is 11.6. The predicted octanol–water partition coefficient (Wildman–Crippen LogP) is 1.03. The minimum absolute atomic E-state index is 0.00507. The Bertz CT molecular complexity index is 393. The summed E-state index contributed by atoms with van der Waals surface area (Å²) in [6, 6.07) is -0.205. The summed E-state index contributed by atoms with van der Waals surface area (Å²) >= 11 is 0. The van der Waals surface area contributed by atoms with Crippen LogP contribution < -0.4 is 0 Å². The lowest BCUT2D eigenvalue weighted by Gasteiger charge is -2.40. The Morgan fingerprint density at radius 3 is 2.29 bits per heavy atom. The molecule has 94 valence electrons. The van der Waals surface area contributed by atoms with E-state index >= 15 is 0 Å². The van der Waals surface area contributed by atoms with Crippen molar-refractivity contribution in [3.05, 3.63) is 11.3 Å². The zero-order chi connectivity index (χ0) is 13.2. The molecule has 1 heterocycles. The smallest absolute Gasteiger partial charge is 0.354 e. The molecular weight excluding hydrogens is 222 g/mol. The van der Waals surface area contributed by atoms with Crippen molar-refractivity contribution in [2.45, 2.75) is 39.7 Å². The molecular formula is C12H17NO4. The molecule has 0 aromatic heterocycles. The SMILES string of the molecule is COC(=O)C(=C(C)C)N1C(=O)C[C@H]1CC(C)=O. The van der Waals surface area contributed by atoms with Crippen molar-refractivity contribution >= 4 is 17.7 Å². The minimum atomic E-state index is -0.536. The van der Waals surface area contributed by atoms with Crippen molar-refractivity contribution in [1.29, 1.82) is 0 Å². The first-order chi connectivity index (χ1) is 7.88. The number of allylic oxidation sites excluding steroid dienone is 1. The Morgan fingerprint density at radius 1 is 1.35 bits per heavy atom. The minimum Gasteiger partial charge on any atom is -0.464 e. The molecule has 1 aliphatic heterocycles. The van der Waals surface area contributed by atoms with Crippen LogP contribution in [-0.2, 0) is 19.1 Å². The van der Waals surface area contributed by atoms with Crippen molar-refractivity contribution in [1.82, 2.24) is 4.90 Å². The molecule has 0 bridgehead atoms. The van der Waals surface area contributed by atoms with Gasteiger partial charge in [-0.15, -0.1) is 0 Å². The third-order valence-electron chi connectivity index (χ3n) is 2.66. The number of hydrogen-bond acceptors (Lipinski definition) is 4. The lowest BCUT2D eigenvalue weighted by atomic mass is 9.95. The molecule has 0 unspecified atom stereocenters. The predicted molar refractivity (Wildman–Crippen MR) is 60.9 cm³/mol. The highest BCUT2D eigenvalue weighted by atomic mass is 16.5. The van der Waals surface area contributed by atoms with Crippen molar-refractivity contribution in [3.63, 3.8) is 0 Å². The molecule has 0 spiro atoms. The van der Waals surface area contributed by atoms with E-state index in [1.54, 1.807) is 13.8 Å². The standard InChI is InChI=1S/C12H17NO4/c1-7(2)11(12(16)17-4)13-9(5-8(3)14)6-10(13)15/h9H,5-6H2,1-4H3/t9-/m1/s1. The summed E-state index contributed by atoms with van der Waals surface area (Å²) in [5.41, 5.74) is 0.966. The first-order valence-corrected chi connectivity index (χ1v) is 5.45. The van der Waals surface area contributed by atoms with Crippen molar-refractivity contribution < 1.29 is 19.1 Å². The number of hydrogen-bond donors (Lipinski definition) is 0. The number of Topliss-reactive ketones (excluding diaryl/α,β-unsaturated/α-hetero) is 1.